The molecule has 0 aliphatic heterocycles. The number of hydrogen-bond acceptors (Lipinski definition) is 4. The number of allylic oxidation sites excluding steroid dienone is 2. The number of thiophene rings is 2. The second-order valence-corrected chi connectivity index (χ2v) is 18.3. The Bertz CT molecular complexity index is 1280. The fraction of sp³-hybridized carbons (Fsp3) is 0.682. The first-order chi connectivity index (χ1) is 23.7. The van der Waals surface area contributed by atoms with Crippen molar-refractivity contribution >= 4 is 42.8 Å². The summed E-state index contributed by atoms with van der Waals surface area (Å²) in [6.07, 6.45) is 32.0. The van der Waals surface area contributed by atoms with Crippen molar-refractivity contribution in [2.24, 2.45) is 47.3 Å². The fourth-order valence-corrected chi connectivity index (χ4v) is 12.3. The Morgan fingerprint density at radius 2 is 0.833 bits per heavy atom. The largest absolute Gasteiger partial charge is 0.491 e. The van der Waals surface area contributed by atoms with Gasteiger partial charge in [-0.1, -0.05) is 37.8 Å². The SMILES string of the molecule is C=CCCC1CCC(C2CCC(COc3c4ccsc4c(OCC4CCC(C5CCC(CCC=C)CC5)CC4)c4ccsc34)CC2)CC1. The Morgan fingerprint density at radius 1 is 0.500 bits per heavy atom. The molecule has 0 bridgehead atoms. The lowest BCUT2D eigenvalue weighted by molar-refractivity contribution is 0.122. The molecule has 0 atom stereocenters. The molecular formula is C44H62O2S2. The third-order valence-corrected chi connectivity index (χ3v) is 15.4. The minimum atomic E-state index is 0.687. The van der Waals surface area contributed by atoms with Gasteiger partial charge in [0.15, 0.2) is 0 Å². The second kappa shape index (κ2) is 17.0. The molecule has 0 saturated heterocycles. The van der Waals surface area contributed by atoms with Crippen molar-refractivity contribution in [3.05, 3.63) is 48.2 Å². The van der Waals surface area contributed by atoms with E-state index in [0.29, 0.717) is 11.8 Å². The van der Waals surface area contributed by atoms with Gasteiger partial charge in [0.1, 0.15) is 11.5 Å². The van der Waals surface area contributed by atoms with Crippen LogP contribution in [-0.4, -0.2) is 13.2 Å². The highest BCUT2D eigenvalue weighted by Gasteiger charge is 2.33. The van der Waals surface area contributed by atoms with Crippen LogP contribution in [-0.2, 0) is 0 Å². The number of benzene rings is 1. The summed E-state index contributed by atoms with van der Waals surface area (Å²) in [6, 6.07) is 4.56. The van der Waals surface area contributed by atoms with Crippen LogP contribution in [0.2, 0.25) is 0 Å². The highest BCUT2D eigenvalue weighted by atomic mass is 32.1. The third kappa shape index (κ3) is 8.22. The van der Waals surface area contributed by atoms with Crippen molar-refractivity contribution in [3.63, 3.8) is 0 Å². The highest BCUT2D eigenvalue weighted by molar-refractivity contribution is 7.19. The average molecular weight is 687 g/mol. The van der Waals surface area contributed by atoms with E-state index < -0.39 is 0 Å². The van der Waals surface area contributed by atoms with Gasteiger partial charge in [0.2, 0.25) is 0 Å². The summed E-state index contributed by atoms with van der Waals surface area (Å²) in [4.78, 5) is 0. The second-order valence-electron chi connectivity index (χ2n) is 16.5. The van der Waals surface area contributed by atoms with Gasteiger partial charge in [-0.05, 0) is 173 Å². The molecule has 0 amide bonds. The normalized spacial score (nSPS) is 31.5. The van der Waals surface area contributed by atoms with Gasteiger partial charge < -0.3 is 9.47 Å². The predicted octanol–water partition coefficient (Wildman–Crippen LogP) is 14.0. The number of ether oxygens (including phenoxy) is 2. The van der Waals surface area contributed by atoms with Gasteiger partial charge in [0.05, 0.1) is 22.6 Å². The maximum atomic E-state index is 6.81. The van der Waals surface area contributed by atoms with Crippen LogP contribution in [0.25, 0.3) is 20.2 Å². The van der Waals surface area contributed by atoms with Gasteiger partial charge in [-0.25, -0.2) is 0 Å². The van der Waals surface area contributed by atoms with Gasteiger partial charge >= 0.3 is 0 Å². The van der Waals surface area contributed by atoms with Crippen molar-refractivity contribution in [3.8, 4) is 11.5 Å². The van der Waals surface area contributed by atoms with E-state index in [2.05, 4.69) is 48.2 Å². The molecule has 4 saturated carbocycles. The molecule has 0 radical (unpaired) electrons. The number of rotatable bonds is 14. The van der Waals surface area contributed by atoms with Gasteiger partial charge in [0, 0.05) is 10.8 Å². The van der Waals surface area contributed by atoms with Crippen LogP contribution in [0, 0.1) is 47.3 Å². The number of fused-ring (bicyclic) bond motifs is 2. The first kappa shape index (κ1) is 34.7. The summed E-state index contributed by atoms with van der Waals surface area (Å²) < 4.78 is 16.2. The zero-order chi connectivity index (χ0) is 32.7. The van der Waals surface area contributed by atoms with Crippen LogP contribution < -0.4 is 9.47 Å². The van der Waals surface area contributed by atoms with Crippen molar-refractivity contribution in [1.82, 2.24) is 0 Å². The van der Waals surface area contributed by atoms with Gasteiger partial charge in [-0.3, -0.25) is 0 Å². The van der Waals surface area contributed by atoms with Crippen LogP contribution in [0.1, 0.15) is 128 Å². The lowest BCUT2D eigenvalue weighted by Gasteiger charge is -2.38. The maximum absolute atomic E-state index is 6.81. The molecule has 1 aromatic carbocycles. The minimum Gasteiger partial charge on any atom is -0.491 e. The Hall–Kier alpha value is -1.78. The molecule has 3 aromatic rings. The van der Waals surface area contributed by atoms with Crippen molar-refractivity contribution < 1.29 is 9.47 Å². The molecule has 4 aliphatic rings. The Balaban J connectivity index is 0.899. The zero-order valence-electron chi connectivity index (χ0n) is 29.7. The van der Waals surface area contributed by atoms with E-state index in [9.17, 15) is 0 Å². The van der Waals surface area contributed by atoms with Crippen LogP contribution in [0.3, 0.4) is 0 Å². The number of hydrogen-bond donors (Lipinski definition) is 0. The van der Waals surface area contributed by atoms with E-state index in [1.165, 1.54) is 149 Å². The molecule has 4 fully saturated rings. The molecule has 4 aliphatic carbocycles. The summed E-state index contributed by atoms with van der Waals surface area (Å²) in [5, 5.41) is 7.00. The lowest BCUT2D eigenvalue weighted by Crippen LogP contribution is -2.27. The lowest BCUT2D eigenvalue weighted by atomic mass is 9.69. The topological polar surface area (TPSA) is 18.5 Å². The Labute approximate surface area is 299 Å². The predicted molar refractivity (Wildman–Crippen MR) is 209 cm³/mol. The van der Waals surface area contributed by atoms with E-state index in [0.717, 1.165) is 60.2 Å². The molecule has 2 heterocycles. The molecule has 4 heteroatoms. The van der Waals surface area contributed by atoms with Gasteiger partial charge in [-0.2, -0.15) is 0 Å². The molecule has 48 heavy (non-hydrogen) atoms. The van der Waals surface area contributed by atoms with E-state index >= 15 is 0 Å². The van der Waals surface area contributed by atoms with E-state index in [4.69, 9.17) is 9.47 Å². The van der Waals surface area contributed by atoms with Gasteiger partial charge in [-0.15, -0.1) is 35.8 Å². The summed E-state index contributed by atoms with van der Waals surface area (Å²) in [5.74, 6) is 9.37. The Morgan fingerprint density at radius 3 is 1.17 bits per heavy atom. The molecule has 2 aromatic heterocycles. The van der Waals surface area contributed by atoms with E-state index in [-0.39, 0.29) is 0 Å². The first-order valence-electron chi connectivity index (χ1n) is 20.1. The smallest absolute Gasteiger partial charge is 0.146 e. The molecule has 0 N–H and O–H groups in total. The van der Waals surface area contributed by atoms with Crippen LogP contribution in [0.15, 0.2) is 48.2 Å². The molecule has 2 nitrogen and oxygen atoms in total. The summed E-state index contributed by atoms with van der Waals surface area (Å²) in [5.41, 5.74) is 0. The zero-order valence-corrected chi connectivity index (χ0v) is 31.3. The van der Waals surface area contributed by atoms with Crippen molar-refractivity contribution in [1.29, 1.82) is 0 Å². The molecule has 7 rings (SSSR count). The standard InChI is InChI=1S/C44H62O2S2/c1-3-5-7-31-9-17-35(18-10-31)37-21-13-33(14-22-37)29-45-41-39-25-27-48-44(39)42(40-26-28-47-43(40)41)46-30-34-15-23-38(24-16-34)36-19-11-32(12-20-36)8-6-4-2/h3-4,25-28,31-38H,1-2,5-24,29-30H2. The molecule has 262 valence electrons. The highest BCUT2D eigenvalue weighted by Crippen LogP contribution is 2.49. The molecule has 0 spiro atoms. The quantitative estimate of drug-likeness (QED) is 0.157. The average Bonchev–Trinajstić information content (AvgIpc) is 3.83. The monoisotopic (exact) mass is 686 g/mol. The maximum Gasteiger partial charge on any atom is 0.146 e. The van der Waals surface area contributed by atoms with Crippen LogP contribution in [0.5, 0.6) is 11.5 Å². The Kier molecular flexibility index (Phi) is 12.2. The minimum absolute atomic E-state index is 0.687. The molecular weight excluding hydrogens is 625 g/mol. The fourth-order valence-electron chi connectivity index (χ4n) is 10.5. The third-order valence-electron chi connectivity index (χ3n) is 13.6. The van der Waals surface area contributed by atoms with Crippen molar-refractivity contribution in [2.45, 2.75) is 128 Å². The summed E-state index contributed by atoms with van der Waals surface area (Å²) in [7, 11) is 0. The first-order valence-corrected chi connectivity index (χ1v) is 21.8. The van der Waals surface area contributed by atoms with Crippen molar-refractivity contribution in [2.75, 3.05) is 13.2 Å². The summed E-state index contributed by atoms with van der Waals surface area (Å²) >= 11 is 3.66. The van der Waals surface area contributed by atoms with E-state index in [1.54, 1.807) is 0 Å². The van der Waals surface area contributed by atoms with E-state index in [1.807, 2.05) is 22.7 Å². The van der Waals surface area contributed by atoms with Gasteiger partial charge in [0.25, 0.3) is 0 Å². The van der Waals surface area contributed by atoms with Crippen LogP contribution in [0.4, 0.5) is 0 Å². The van der Waals surface area contributed by atoms with Crippen LogP contribution >= 0.6 is 22.7 Å². The molecule has 0 unspecified atom stereocenters. The summed E-state index contributed by atoms with van der Waals surface area (Å²) in [6.45, 7) is 9.58.